The maximum Gasteiger partial charge on any atom is 0.271 e. The summed E-state index contributed by atoms with van der Waals surface area (Å²) in [4.78, 5) is 22.9. The molecule has 1 N–H and O–H groups in total. The number of rotatable bonds is 4. The number of aromatic nitrogens is 3. The Morgan fingerprint density at radius 3 is 2.93 bits per heavy atom. The van der Waals surface area contributed by atoms with Gasteiger partial charge in [-0.2, -0.15) is 0 Å². The summed E-state index contributed by atoms with van der Waals surface area (Å²) in [7, 11) is 1.62. The zero-order valence-electron chi connectivity index (χ0n) is 16.7. The quantitative estimate of drug-likeness (QED) is 0.717. The maximum atomic E-state index is 11.8. The van der Waals surface area contributed by atoms with E-state index in [1.165, 1.54) is 5.56 Å². The summed E-state index contributed by atoms with van der Waals surface area (Å²) >= 11 is 0. The minimum absolute atomic E-state index is 0.147. The van der Waals surface area contributed by atoms with Crippen molar-refractivity contribution in [2.24, 2.45) is 0 Å². The lowest BCUT2D eigenvalue weighted by molar-refractivity contribution is 0.0850. The number of imidazole rings is 1. The molecule has 4 heterocycles. The first-order valence-electron chi connectivity index (χ1n) is 10.0. The molecule has 1 unspecified atom stereocenters. The molecule has 2 aliphatic heterocycles. The Morgan fingerprint density at radius 2 is 2.10 bits per heavy atom. The molecular formula is C22H23N5O3. The van der Waals surface area contributed by atoms with Crippen LogP contribution in [0.3, 0.4) is 0 Å². The molecule has 0 spiro atoms. The Labute approximate surface area is 174 Å². The van der Waals surface area contributed by atoms with E-state index in [0.29, 0.717) is 23.9 Å². The number of hydrogen-bond acceptors (Lipinski definition) is 6. The summed E-state index contributed by atoms with van der Waals surface area (Å²) in [5, 5.41) is 2.63. The van der Waals surface area contributed by atoms with Gasteiger partial charge >= 0.3 is 0 Å². The highest BCUT2D eigenvalue weighted by molar-refractivity contribution is 5.91. The van der Waals surface area contributed by atoms with Gasteiger partial charge in [-0.05, 0) is 23.3 Å². The molecule has 0 aliphatic carbocycles. The first-order chi connectivity index (χ1) is 14.7. The zero-order chi connectivity index (χ0) is 20.5. The lowest BCUT2D eigenvalue weighted by Gasteiger charge is -2.28. The van der Waals surface area contributed by atoms with Gasteiger partial charge < -0.3 is 19.4 Å². The second-order valence-electron chi connectivity index (χ2n) is 7.49. The second-order valence-corrected chi connectivity index (χ2v) is 7.49. The van der Waals surface area contributed by atoms with Crippen molar-refractivity contribution in [2.75, 3.05) is 20.2 Å². The summed E-state index contributed by atoms with van der Waals surface area (Å²) in [6, 6.07) is 12.1. The van der Waals surface area contributed by atoms with Gasteiger partial charge in [-0.1, -0.05) is 24.3 Å². The lowest BCUT2D eigenvalue weighted by atomic mass is 10.1. The predicted molar refractivity (Wildman–Crippen MR) is 109 cm³/mol. The van der Waals surface area contributed by atoms with Crippen LogP contribution in [0.1, 0.15) is 33.5 Å². The highest BCUT2D eigenvalue weighted by Gasteiger charge is 2.24. The molecule has 0 fully saturated rings. The molecule has 154 valence electrons. The SMILES string of the molecule is CNC(=O)c1cn2c(n1)CN(Cc1ccc(C3COc4cccnc4O3)cc1)CC2. The minimum atomic E-state index is -0.160. The number of nitrogens with one attached hydrogen (secondary N) is 1. The van der Waals surface area contributed by atoms with Gasteiger partial charge in [0, 0.05) is 39.1 Å². The van der Waals surface area contributed by atoms with Gasteiger partial charge in [0.2, 0.25) is 0 Å². The molecule has 0 bridgehead atoms. The van der Waals surface area contributed by atoms with Gasteiger partial charge in [0.15, 0.2) is 11.9 Å². The minimum Gasteiger partial charge on any atom is -0.484 e. The molecule has 1 aromatic carbocycles. The fraction of sp³-hybridized carbons (Fsp3) is 0.318. The summed E-state index contributed by atoms with van der Waals surface area (Å²) < 4.78 is 13.8. The third-order valence-corrected chi connectivity index (χ3v) is 5.48. The lowest BCUT2D eigenvalue weighted by Crippen LogP contribution is -2.33. The average molecular weight is 405 g/mol. The van der Waals surface area contributed by atoms with E-state index < -0.39 is 0 Å². The average Bonchev–Trinajstić information content (AvgIpc) is 3.22. The van der Waals surface area contributed by atoms with E-state index >= 15 is 0 Å². The normalized spacial score (nSPS) is 18.0. The van der Waals surface area contributed by atoms with E-state index in [2.05, 4.69) is 49.0 Å². The largest absolute Gasteiger partial charge is 0.484 e. The van der Waals surface area contributed by atoms with Crippen LogP contribution in [0.4, 0.5) is 0 Å². The maximum absolute atomic E-state index is 11.8. The molecule has 0 saturated carbocycles. The van der Waals surface area contributed by atoms with Crippen molar-refractivity contribution < 1.29 is 14.3 Å². The van der Waals surface area contributed by atoms with Gasteiger partial charge in [-0.3, -0.25) is 9.69 Å². The predicted octanol–water partition coefficient (Wildman–Crippen LogP) is 2.17. The van der Waals surface area contributed by atoms with Crippen LogP contribution in [0.15, 0.2) is 48.8 Å². The van der Waals surface area contributed by atoms with E-state index in [4.69, 9.17) is 9.47 Å². The van der Waals surface area contributed by atoms with Gasteiger partial charge in [-0.15, -0.1) is 0 Å². The Bertz CT molecular complexity index is 1060. The number of pyridine rings is 1. The van der Waals surface area contributed by atoms with Gasteiger partial charge in [-0.25, -0.2) is 9.97 Å². The standard InChI is InChI=1S/C22H23N5O3/c1-23-21(28)17-12-27-10-9-26(13-20(27)25-17)11-15-4-6-16(7-5-15)19-14-29-18-3-2-8-24-22(18)30-19/h2-8,12,19H,9-11,13-14H2,1H3,(H,23,28). The first-order valence-corrected chi connectivity index (χ1v) is 10.0. The Kier molecular flexibility index (Phi) is 4.84. The number of nitrogens with zero attached hydrogens (tertiary/aromatic N) is 4. The molecule has 0 radical (unpaired) electrons. The molecule has 0 saturated heterocycles. The molecule has 2 aromatic heterocycles. The van der Waals surface area contributed by atoms with Gasteiger partial charge in [0.05, 0.1) is 6.54 Å². The molecule has 1 amide bonds. The van der Waals surface area contributed by atoms with Crippen molar-refractivity contribution in [1.82, 2.24) is 24.8 Å². The number of carbonyl (C=O) groups excluding carboxylic acids is 1. The van der Waals surface area contributed by atoms with Crippen LogP contribution in [0.25, 0.3) is 0 Å². The zero-order valence-corrected chi connectivity index (χ0v) is 16.7. The highest BCUT2D eigenvalue weighted by atomic mass is 16.6. The van der Waals surface area contributed by atoms with E-state index in [1.807, 2.05) is 18.3 Å². The third-order valence-electron chi connectivity index (χ3n) is 5.48. The molecule has 1 atom stereocenters. The number of amides is 1. The number of ether oxygens (including phenoxy) is 2. The Morgan fingerprint density at radius 1 is 1.23 bits per heavy atom. The summed E-state index contributed by atoms with van der Waals surface area (Å²) in [6.07, 6.45) is 3.38. The fourth-order valence-corrected chi connectivity index (χ4v) is 3.84. The molecule has 8 nitrogen and oxygen atoms in total. The van der Waals surface area contributed by atoms with Crippen LogP contribution in [-0.2, 0) is 19.6 Å². The number of hydrogen-bond donors (Lipinski definition) is 1. The molecular weight excluding hydrogens is 382 g/mol. The van der Waals surface area contributed by atoms with E-state index in [-0.39, 0.29) is 12.0 Å². The van der Waals surface area contributed by atoms with Crippen molar-refractivity contribution >= 4 is 5.91 Å². The third kappa shape index (κ3) is 3.61. The molecule has 8 heteroatoms. The van der Waals surface area contributed by atoms with Gasteiger partial charge in [0.1, 0.15) is 18.1 Å². The monoisotopic (exact) mass is 405 g/mol. The van der Waals surface area contributed by atoms with Crippen LogP contribution in [0.5, 0.6) is 11.6 Å². The van der Waals surface area contributed by atoms with E-state index in [0.717, 1.165) is 37.6 Å². The Balaban J connectivity index is 1.23. The molecule has 2 aliphatic rings. The van der Waals surface area contributed by atoms with Crippen LogP contribution >= 0.6 is 0 Å². The van der Waals surface area contributed by atoms with Crippen LogP contribution in [0, 0.1) is 0 Å². The molecule has 3 aromatic rings. The summed E-state index contributed by atoms with van der Waals surface area (Å²) in [5.74, 6) is 2.01. The highest BCUT2D eigenvalue weighted by Crippen LogP contribution is 2.34. The number of fused-ring (bicyclic) bond motifs is 2. The first kappa shape index (κ1) is 18.6. The summed E-state index contributed by atoms with van der Waals surface area (Å²) in [6.45, 7) is 3.77. The van der Waals surface area contributed by atoms with Crippen LogP contribution in [0.2, 0.25) is 0 Å². The second kappa shape index (κ2) is 7.79. The van der Waals surface area contributed by atoms with Crippen LogP contribution < -0.4 is 14.8 Å². The smallest absolute Gasteiger partial charge is 0.271 e. The van der Waals surface area contributed by atoms with E-state index in [9.17, 15) is 4.79 Å². The summed E-state index contributed by atoms with van der Waals surface area (Å²) in [5.41, 5.74) is 2.77. The number of carbonyl (C=O) groups is 1. The van der Waals surface area contributed by atoms with Crippen molar-refractivity contribution in [3.8, 4) is 11.6 Å². The topological polar surface area (TPSA) is 81.5 Å². The van der Waals surface area contributed by atoms with Crippen molar-refractivity contribution in [3.63, 3.8) is 0 Å². The van der Waals surface area contributed by atoms with Crippen molar-refractivity contribution in [2.45, 2.75) is 25.7 Å². The van der Waals surface area contributed by atoms with Crippen molar-refractivity contribution in [3.05, 3.63) is 71.4 Å². The van der Waals surface area contributed by atoms with Crippen molar-refractivity contribution in [1.29, 1.82) is 0 Å². The van der Waals surface area contributed by atoms with Crippen LogP contribution in [-0.4, -0.2) is 45.5 Å². The van der Waals surface area contributed by atoms with Gasteiger partial charge in [0.25, 0.3) is 11.8 Å². The van der Waals surface area contributed by atoms with E-state index in [1.54, 1.807) is 13.2 Å². The number of benzene rings is 1. The molecule has 30 heavy (non-hydrogen) atoms. The Hall–Kier alpha value is -3.39. The molecule has 5 rings (SSSR count). The fourth-order valence-electron chi connectivity index (χ4n) is 3.84.